The fourth-order valence-corrected chi connectivity index (χ4v) is 6.64. The fraction of sp³-hybridized carbons (Fsp3) is 0.257. The van der Waals surface area contributed by atoms with E-state index >= 15 is 0 Å². The number of carbonyl (C=O) groups excluding carboxylic acids is 2. The van der Waals surface area contributed by atoms with E-state index in [-0.39, 0.29) is 34.6 Å². The summed E-state index contributed by atoms with van der Waals surface area (Å²) in [5.74, 6) is -1.19. The van der Waals surface area contributed by atoms with Gasteiger partial charge in [0.05, 0.1) is 27.2 Å². The molecule has 2 amide bonds. The molecule has 0 spiro atoms. The van der Waals surface area contributed by atoms with Gasteiger partial charge in [-0.3, -0.25) is 13.9 Å². The number of rotatable bonds is 14. The molecule has 4 aromatic rings. The molecule has 4 aromatic carbocycles. The van der Waals surface area contributed by atoms with Crippen LogP contribution in [0.15, 0.2) is 102 Å². The Kier molecular flexibility index (Phi) is 12.3. The van der Waals surface area contributed by atoms with Crippen LogP contribution in [0, 0.1) is 5.82 Å². The highest BCUT2D eigenvalue weighted by molar-refractivity contribution is 7.92. The summed E-state index contributed by atoms with van der Waals surface area (Å²) < 4.78 is 48.6. The lowest BCUT2D eigenvalue weighted by molar-refractivity contribution is -0.140. The molecule has 1 N–H and O–H groups in total. The van der Waals surface area contributed by atoms with Crippen molar-refractivity contribution in [2.75, 3.05) is 17.5 Å². The van der Waals surface area contributed by atoms with Gasteiger partial charge in [0.25, 0.3) is 10.0 Å². The van der Waals surface area contributed by atoms with Crippen LogP contribution in [0.1, 0.15) is 31.9 Å². The van der Waals surface area contributed by atoms with E-state index < -0.39 is 40.2 Å². The third-order valence-corrected chi connectivity index (χ3v) is 9.68. The maximum Gasteiger partial charge on any atom is 0.264 e. The summed E-state index contributed by atoms with van der Waals surface area (Å²) in [5, 5.41) is 3.48. The Morgan fingerprint density at radius 2 is 1.53 bits per heavy atom. The van der Waals surface area contributed by atoms with Gasteiger partial charge in [-0.1, -0.05) is 59.6 Å². The number of hydrogen-bond acceptors (Lipinski definition) is 5. The van der Waals surface area contributed by atoms with Crippen molar-refractivity contribution in [3.63, 3.8) is 0 Å². The van der Waals surface area contributed by atoms with Crippen molar-refractivity contribution in [1.29, 1.82) is 0 Å². The topological polar surface area (TPSA) is 96.0 Å². The third kappa shape index (κ3) is 9.47. The van der Waals surface area contributed by atoms with Crippen molar-refractivity contribution in [3.05, 3.63) is 124 Å². The average Bonchev–Trinajstić information content (AvgIpc) is 3.04. The van der Waals surface area contributed by atoms with E-state index in [9.17, 15) is 22.4 Å². The van der Waals surface area contributed by atoms with Gasteiger partial charge in [-0.2, -0.15) is 0 Å². The van der Waals surface area contributed by atoms with E-state index in [2.05, 4.69) is 5.32 Å². The molecular weight excluding hydrogens is 664 g/mol. The lowest BCUT2D eigenvalue weighted by atomic mass is 10.0. The van der Waals surface area contributed by atoms with E-state index in [0.717, 1.165) is 22.0 Å². The lowest BCUT2D eigenvalue weighted by Crippen LogP contribution is -2.54. The molecule has 0 fully saturated rings. The minimum absolute atomic E-state index is 0.0642. The second-order valence-corrected chi connectivity index (χ2v) is 13.7. The Bertz CT molecular complexity index is 1770. The molecule has 0 radical (unpaired) electrons. The van der Waals surface area contributed by atoms with Gasteiger partial charge in [-0.05, 0) is 92.6 Å². The Morgan fingerprint density at radius 3 is 2.13 bits per heavy atom. The van der Waals surface area contributed by atoms with Gasteiger partial charge in [0.2, 0.25) is 11.8 Å². The molecule has 1 atom stereocenters. The van der Waals surface area contributed by atoms with Crippen LogP contribution in [0.4, 0.5) is 10.1 Å². The number of halogens is 3. The molecule has 0 aromatic heterocycles. The normalized spacial score (nSPS) is 12.0. The first-order valence-corrected chi connectivity index (χ1v) is 17.2. The van der Waals surface area contributed by atoms with Gasteiger partial charge in [-0.15, -0.1) is 0 Å². The minimum atomic E-state index is -4.37. The van der Waals surface area contributed by atoms with Gasteiger partial charge >= 0.3 is 0 Å². The maximum absolute atomic E-state index is 14.5. The zero-order chi connectivity index (χ0) is 34.1. The first kappa shape index (κ1) is 35.7. The maximum atomic E-state index is 14.5. The van der Waals surface area contributed by atoms with Crippen LogP contribution < -0.4 is 14.4 Å². The summed E-state index contributed by atoms with van der Waals surface area (Å²) in [4.78, 5) is 29.5. The van der Waals surface area contributed by atoms with Crippen molar-refractivity contribution in [2.45, 2.75) is 50.7 Å². The first-order chi connectivity index (χ1) is 22.4. The van der Waals surface area contributed by atoms with Gasteiger partial charge < -0.3 is 15.0 Å². The van der Waals surface area contributed by atoms with Gasteiger partial charge in [0.15, 0.2) is 0 Å². The number of nitrogens with zero attached hydrogens (tertiary/aromatic N) is 2. The number of amides is 2. The molecule has 0 heterocycles. The molecule has 0 aliphatic heterocycles. The number of sulfonamides is 1. The smallest absolute Gasteiger partial charge is 0.264 e. The molecule has 12 heteroatoms. The van der Waals surface area contributed by atoms with Crippen molar-refractivity contribution in [1.82, 2.24) is 10.2 Å². The second kappa shape index (κ2) is 16.1. The Labute approximate surface area is 285 Å². The molecule has 0 bridgehead atoms. The molecule has 0 aliphatic rings. The molecule has 0 saturated carbocycles. The molecule has 4 rings (SSSR count). The molecule has 0 unspecified atom stereocenters. The van der Waals surface area contributed by atoms with Crippen LogP contribution in [-0.2, 0) is 32.6 Å². The molecule has 8 nitrogen and oxygen atoms in total. The standard InChI is InChI=1S/C35H36Cl2FN3O5S/c1-4-46-29-15-17-30(18-16-29)47(44,45)41(28-13-11-27(38)12-14-28)23-34(42)40(22-26-10-19-31(36)32(37)20-26)33(35(43)39-24(2)3)21-25-8-6-5-7-9-25/h5-20,24,33H,4,21-23H2,1-3H3,(H,39,43)/t33-/m1/s1. The van der Waals surface area contributed by atoms with Crippen LogP contribution in [0.2, 0.25) is 10.0 Å². The largest absolute Gasteiger partial charge is 0.494 e. The zero-order valence-corrected chi connectivity index (χ0v) is 28.5. The second-order valence-electron chi connectivity index (χ2n) is 11.0. The predicted molar refractivity (Wildman–Crippen MR) is 183 cm³/mol. The number of carbonyl (C=O) groups is 2. The van der Waals surface area contributed by atoms with E-state index in [1.54, 1.807) is 18.2 Å². The Morgan fingerprint density at radius 1 is 0.872 bits per heavy atom. The first-order valence-electron chi connectivity index (χ1n) is 15.0. The Balaban J connectivity index is 1.80. The number of nitrogens with one attached hydrogen (secondary N) is 1. The van der Waals surface area contributed by atoms with E-state index in [4.69, 9.17) is 27.9 Å². The van der Waals surface area contributed by atoms with E-state index in [0.29, 0.717) is 22.9 Å². The van der Waals surface area contributed by atoms with Crippen LogP contribution in [-0.4, -0.2) is 50.4 Å². The van der Waals surface area contributed by atoms with Crippen LogP contribution in [0.25, 0.3) is 0 Å². The Hall–Kier alpha value is -4.12. The molecular formula is C35H36Cl2FN3O5S. The van der Waals surface area contributed by atoms with Crippen molar-refractivity contribution in [2.24, 2.45) is 0 Å². The monoisotopic (exact) mass is 699 g/mol. The predicted octanol–water partition coefficient (Wildman–Crippen LogP) is 6.89. The summed E-state index contributed by atoms with van der Waals surface area (Å²) >= 11 is 12.5. The molecule has 0 aliphatic carbocycles. The highest BCUT2D eigenvalue weighted by atomic mass is 35.5. The van der Waals surface area contributed by atoms with Crippen LogP contribution in [0.3, 0.4) is 0 Å². The molecule has 248 valence electrons. The lowest BCUT2D eigenvalue weighted by Gasteiger charge is -2.34. The molecule has 0 saturated heterocycles. The van der Waals surface area contributed by atoms with E-state index in [1.165, 1.54) is 41.3 Å². The third-order valence-electron chi connectivity index (χ3n) is 7.16. The SMILES string of the molecule is CCOc1ccc(S(=O)(=O)N(CC(=O)N(Cc2ccc(Cl)c(Cl)c2)[C@H](Cc2ccccc2)C(=O)NC(C)C)c2ccc(F)cc2)cc1. The number of benzene rings is 4. The van der Waals surface area contributed by atoms with Gasteiger partial charge in [-0.25, -0.2) is 12.8 Å². The summed E-state index contributed by atoms with van der Waals surface area (Å²) in [6.45, 7) is 5.04. The van der Waals surface area contributed by atoms with Crippen molar-refractivity contribution < 1.29 is 27.1 Å². The zero-order valence-electron chi connectivity index (χ0n) is 26.2. The molecule has 47 heavy (non-hydrogen) atoms. The van der Waals surface area contributed by atoms with Crippen LogP contribution >= 0.6 is 23.2 Å². The number of anilines is 1. The quantitative estimate of drug-likeness (QED) is 0.155. The fourth-order valence-electron chi connectivity index (χ4n) is 4.91. The summed E-state index contributed by atoms with van der Waals surface area (Å²) in [6.07, 6.45) is 0.147. The minimum Gasteiger partial charge on any atom is -0.494 e. The number of hydrogen-bond donors (Lipinski definition) is 1. The summed E-state index contributed by atoms with van der Waals surface area (Å²) in [6, 6.07) is 23.4. The van der Waals surface area contributed by atoms with Crippen molar-refractivity contribution in [3.8, 4) is 5.75 Å². The van der Waals surface area contributed by atoms with Crippen LogP contribution in [0.5, 0.6) is 5.75 Å². The average molecular weight is 701 g/mol. The van der Waals surface area contributed by atoms with Gasteiger partial charge in [0, 0.05) is 19.0 Å². The highest BCUT2D eigenvalue weighted by Gasteiger charge is 2.35. The highest BCUT2D eigenvalue weighted by Crippen LogP contribution is 2.28. The van der Waals surface area contributed by atoms with Gasteiger partial charge in [0.1, 0.15) is 24.2 Å². The van der Waals surface area contributed by atoms with E-state index in [1.807, 2.05) is 51.1 Å². The summed E-state index contributed by atoms with van der Waals surface area (Å²) in [5.41, 5.74) is 1.43. The number of ether oxygens (including phenoxy) is 1. The summed E-state index contributed by atoms with van der Waals surface area (Å²) in [7, 11) is -4.37. The van der Waals surface area contributed by atoms with Crippen molar-refractivity contribution >= 4 is 50.7 Å².